The Balaban J connectivity index is 1.83. The van der Waals surface area contributed by atoms with Crippen LogP contribution in [0.3, 0.4) is 0 Å². The van der Waals surface area contributed by atoms with Gasteiger partial charge in [-0.3, -0.25) is 4.90 Å². The third-order valence-electron chi connectivity index (χ3n) is 3.76. The van der Waals surface area contributed by atoms with E-state index < -0.39 is 0 Å². The number of nitrogens with zero attached hydrogens (tertiary/aromatic N) is 3. The molecule has 3 rings (SSSR count). The summed E-state index contributed by atoms with van der Waals surface area (Å²) >= 11 is 1.47. The van der Waals surface area contributed by atoms with E-state index in [1.54, 1.807) is 0 Å². The molecule has 1 aliphatic rings. The molecule has 0 amide bonds. The lowest BCUT2D eigenvalue weighted by Gasteiger charge is -2.20. The van der Waals surface area contributed by atoms with Crippen LogP contribution in [0, 0.1) is 0 Å². The van der Waals surface area contributed by atoms with Crippen LogP contribution in [0.5, 0.6) is 5.88 Å². The van der Waals surface area contributed by atoms with E-state index in [9.17, 15) is 5.11 Å². The van der Waals surface area contributed by atoms with Gasteiger partial charge in [-0.1, -0.05) is 42.1 Å². The van der Waals surface area contributed by atoms with Crippen molar-refractivity contribution in [3.63, 3.8) is 0 Å². The fourth-order valence-electron chi connectivity index (χ4n) is 2.72. The van der Waals surface area contributed by atoms with Gasteiger partial charge in [0.05, 0.1) is 5.69 Å². The number of hydrogen-bond acceptors (Lipinski definition) is 5. The molecule has 0 radical (unpaired) electrons. The van der Waals surface area contributed by atoms with Crippen molar-refractivity contribution in [3.8, 4) is 5.88 Å². The van der Waals surface area contributed by atoms with Gasteiger partial charge in [0.1, 0.15) is 0 Å². The van der Waals surface area contributed by atoms with Gasteiger partial charge >= 0.3 is 0 Å². The number of hydrogen-bond donors (Lipinski definition) is 1. The lowest BCUT2D eigenvalue weighted by molar-refractivity contribution is 0.258. The topological polar surface area (TPSA) is 49.3 Å². The van der Waals surface area contributed by atoms with Crippen LogP contribution < -0.4 is 0 Å². The Morgan fingerprint density at radius 1 is 1.24 bits per heavy atom. The molecule has 0 bridgehead atoms. The highest BCUT2D eigenvalue weighted by Crippen LogP contribution is 2.26. The SMILES string of the molecule is CSc1nc(O)c2c(n1)CN(Cc1ccccc1)CCC2. The van der Waals surface area contributed by atoms with Crippen molar-refractivity contribution in [2.45, 2.75) is 31.1 Å². The summed E-state index contributed by atoms with van der Waals surface area (Å²) in [4.78, 5) is 11.1. The second kappa shape index (κ2) is 6.45. The molecule has 1 aromatic carbocycles. The largest absolute Gasteiger partial charge is 0.493 e. The van der Waals surface area contributed by atoms with Crippen LogP contribution in [0.15, 0.2) is 35.5 Å². The Hall–Kier alpha value is -1.59. The predicted octanol–water partition coefficient (Wildman–Crippen LogP) is 2.85. The van der Waals surface area contributed by atoms with Gasteiger partial charge in [-0.2, -0.15) is 4.98 Å². The van der Waals surface area contributed by atoms with E-state index in [0.717, 1.165) is 43.7 Å². The monoisotopic (exact) mass is 301 g/mol. The van der Waals surface area contributed by atoms with Crippen LogP contribution in [0.2, 0.25) is 0 Å². The summed E-state index contributed by atoms with van der Waals surface area (Å²) in [5.74, 6) is 0.158. The van der Waals surface area contributed by atoms with Gasteiger partial charge in [-0.25, -0.2) is 4.98 Å². The molecule has 110 valence electrons. The first-order valence-corrected chi connectivity index (χ1v) is 8.38. The number of aromatic hydroxyl groups is 1. The molecular weight excluding hydrogens is 282 g/mol. The number of aromatic nitrogens is 2. The molecule has 0 unspecified atom stereocenters. The lowest BCUT2D eigenvalue weighted by Crippen LogP contribution is -2.23. The molecule has 0 fully saturated rings. The molecule has 1 N–H and O–H groups in total. The van der Waals surface area contributed by atoms with Crippen LogP contribution in [-0.4, -0.2) is 32.8 Å². The normalized spacial score (nSPS) is 15.5. The van der Waals surface area contributed by atoms with Gasteiger partial charge in [0.25, 0.3) is 0 Å². The Morgan fingerprint density at radius 2 is 2.05 bits per heavy atom. The maximum atomic E-state index is 10.1. The van der Waals surface area contributed by atoms with Crippen molar-refractivity contribution in [1.29, 1.82) is 0 Å². The summed E-state index contributed by atoms with van der Waals surface area (Å²) in [5, 5.41) is 10.7. The fraction of sp³-hybridized carbons (Fsp3) is 0.375. The summed E-state index contributed by atoms with van der Waals surface area (Å²) < 4.78 is 0. The third-order valence-corrected chi connectivity index (χ3v) is 4.30. The van der Waals surface area contributed by atoms with Crippen molar-refractivity contribution in [1.82, 2.24) is 14.9 Å². The molecule has 21 heavy (non-hydrogen) atoms. The molecule has 0 saturated carbocycles. The molecule has 5 heteroatoms. The molecule has 1 aromatic heterocycles. The fourth-order valence-corrected chi connectivity index (χ4v) is 3.10. The van der Waals surface area contributed by atoms with Crippen molar-refractivity contribution >= 4 is 11.8 Å². The van der Waals surface area contributed by atoms with Gasteiger partial charge in [-0.05, 0) is 31.2 Å². The second-order valence-electron chi connectivity index (χ2n) is 5.26. The van der Waals surface area contributed by atoms with E-state index in [4.69, 9.17) is 0 Å². The summed E-state index contributed by atoms with van der Waals surface area (Å²) in [6, 6.07) is 10.5. The van der Waals surface area contributed by atoms with E-state index in [1.165, 1.54) is 17.3 Å². The first-order valence-electron chi connectivity index (χ1n) is 7.15. The zero-order chi connectivity index (χ0) is 14.7. The first kappa shape index (κ1) is 14.4. The highest BCUT2D eigenvalue weighted by atomic mass is 32.2. The molecule has 2 aromatic rings. The average Bonchev–Trinajstić information content (AvgIpc) is 2.70. The van der Waals surface area contributed by atoms with Crippen molar-refractivity contribution in [3.05, 3.63) is 47.2 Å². The summed E-state index contributed by atoms with van der Waals surface area (Å²) in [7, 11) is 0. The quantitative estimate of drug-likeness (QED) is 0.698. The van der Waals surface area contributed by atoms with Crippen LogP contribution in [0.25, 0.3) is 0 Å². The number of benzene rings is 1. The van der Waals surface area contributed by atoms with Gasteiger partial charge in [0.2, 0.25) is 5.88 Å². The second-order valence-corrected chi connectivity index (χ2v) is 6.03. The minimum atomic E-state index is 0.158. The van der Waals surface area contributed by atoms with Crippen molar-refractivity contribution in [2.24, 2.45) is 0 Å². The zero-order valence-electron chi connectivity index (χ0n) is 12.1. The highest BCUT2D eigenvalue weighted by Gasteiger charge is 2.20. The molecule has 2 heterocycles. The van der Waals surface area contributed by atoms with E-state index in [1.807, 2.05) is 12.3 Å². The summed E-state index contributed by atoms with van der Waals surface area (Å²) in [6.45, 7) is 2.70. The molecule has 0 saturated heterocycles. The van der Waals surface area contributed by atoms with E-state index >= 15 is 0 Å². The summed E-state index contributed by atoms with van der Waals surface area (Å²) in [6.07, 6.45) is 3.80. The Kier molecular flexibility index (Phi) is 4.41. The Morgan fingerprint density at radius 3 is 2.81 bits per heavy atom. The standard InChI is InChI=1S/C16H19N3OS/c1-21-16-17-14-11-19(10-12-6-3-2-4-7-12)9-5-8-13(14)15(20)18-16/h2-4,6-7H,5,8-11H2,1H3,(H,17,18,20). The third kappa shape index (κ3) is 3.36. The maximum Gasteiger partial charge on any atom is 0.218 e. The summed E-state index contributed by atoms with van der Waals surface area (Å²) in [5.41, 5.74) is 3.20. The minimum absolute atomic E-state index is 0.158. The Bertz CT molecular complexity index is 618. The molecule has 0 atom stereocenters. The van der Waals surface area contributed by atoms with Gasteiger partial charge in [-0.15, -0.1) is 0 Å². The Labute approximate surface area is 129 Å². The highest BCUT2D eigenvalue weighted by molar-refractivity contribution is 7.98. The minimum Gasteiger partial charge on any atom is -0.493 e. The molecule has 4 nitrogen and oxygen atoms in total. The molecular formula is C16H19N3OS. The lowest BCUT2D eigenvalue weighted by atomic mass is 10.1. The number of thioether (sulfide) groups is 1. The predicted molar refractivity (Wildman–Crippen MR) is 84.4 cm³/mol. The molecule has 0 spiro atoms. The van der Waals surface area contributed by atoms with Crippen LogP contribution in [0.1, 0.15) is 23.2 Å². The zero-order valence-corrected chi connectivity index (χ0v) is 12.9. The van der Waals surface area contributed by atoms with Crippen molar-refractivity contribution in [2.75, 3.05) is 12.8 Å². The van der Waals surface area contributed by atoms with Crippen LogP contribution in [-0.2, 0) is 19.5 Å². The van der Waals surface area contributed by atoms with Gasteiger partial charge < -0.3 is 5.11 Å². The molecule has 0 aliphatic carbocycles. The average molecular weight is 301 g/mol. The molecule has 1 aliphatic heterocycles. The van der Waals surface area contributed by atoms with E-state index in [-0.39, 0.29) is 5.88 Å². The maximum absolute atomic E-state index is 10.1. The number of rotatable bonds is 3. The first-order chi connectivity index (χ1) is 10.3. The number of fused-ring (bicyclic) bond motifs is 1. The van der Waals surface area contributed by atoms with Gasteiger partial charge in [0, 0.05) is 18.7 Å². The van der Waals surface area contributed by atoms with E-state index in [2.05, 4.69) is 39.1 Å². The van der Waals surface area contributed by atoms with Gasteiger partial charge in [0.15, 0.2) is 5.16 Å². The van der Waals surface area contributed by atoms with E-state index in [0.29, 0.717) is 5.16 Å². The van der Waals surface area contributed by atoms with Crippen LogP contribution in [0.4, 0.5) is 0 Å². The van der Waals surface area contributed by atoms with Crippen LogP contribution >= 0.6 is 11.8 Å². The van der Waals surface area contributed by atoms with Crippen molar-refractivity contribution < 1.29 is 5.11 Å². The smallest absolute Gasteiger partial charge is 0.218 e.